The smallest absolute Gasteiger partial charge is 0.300 e. The number of nitrogens with zero attached hydrogens (tertiary/aromatic N) is 1. The van der Waals surface area contributed by atoms with Crippen LogP contribution in [0.15, 0.2) is 65.1 Å². The molecule has 2 atom stereocenters. The summed E-state index contributed by atoms with van der Waals surface area (Å²) in [5, 5.41) is 6.77. The van der Waals surface area contributed by atoms with Gasteiger partial charge in [0.15, 0.2) is 11.4 Å². The van der Waals surface area contributed by atoms with Gasteiger partial charge in [-0.1, -0.05) is 68.7 Å². The summed E-state index contributed by atoms with van der Waals surface area (Å²) >= 11 is 0. The number of nitrogens with one attached hydrogen (secondary N) is 2. The fourth-order valence-corrected chi connectivity index (χ4v) is 6.74. The van der Waals surface area contributed by atoms with Crippen LogP contribution in [0.25, 0.3) is 11.1 Å². The van der Waals surface area contributed by atoms with Gasteiger partial charge in [0.2, 0.25) is 0 Å². The summed E-state index contributed by atoms with van der Waals surface area (Å²) < 4.78 is 6.00. The monoisotopic (exact) mass is 521 g/mol. The van der Waals surface area contributed by atoms with E-state index < -0.39 is 0 Å². The van der Waals surface area contributed by atoms with E-state index in [-0.39, 0.29) is 11.8 Å². The van der Waals surface area contributed by atoms with Crippen molar-refractivity contribution < 1.29 is 9.21 Å². The molecule has 2 heterocycles. The Bertz CT molecular complexity index is 1470. The van der Waals surface area contributed by atoms with Crippen molar-refractivity contribution in [3.05, 3.63) is 88.5 Å². The number of anilines is 2. The number of carbonyl (C=O) groups is 1. The molecule has 39 heavy (non-hydrogen) atoms. The summed E-state index contributed by atoms with van der Waals surface area (Å²) in [6.07, 6.45) is 9.38. The molecular weight excluding hydrogens is 482 g/mol. The van der Waals surface area contributed by atoms with Crippen molar-refractivity contribution in [1.29, 1.82) is 0 Å². The van der Waals surface area contributed by atoms with Gasteiger partial charge in [-0.05, 0) is 90.5 Å². The average Bonchev–Trinajstić information content (AvgIpc) is 3.36. The number of carbonyl (C=O) groups excluding carboxylic acids is 1. The third kappa shape index (κ3) is 5.51. The van der Waals surface area contributed by atoms with Crippen LogP contribution in [0.2, 0.25) is 0 Å². The van der Waals surface area contributed by atoms with Crippen LogP contribution in [0, 0.1) is 12.8 Å². The predicted octanol–water partition coefficient (Wildman–Crippen LogP) is 7.95. The number of rotatable bonds is 8. The van der Waals surface area contributed by atoms with Gasteiger partial charge in [0.1, 0.15) is 5.52 Å². The molecule has 3 aromatic carbocycles. The van der Waals surface area contributed by atoms with Crippen LogP contribution < -0.4 is 10.6 Å². The maximum atomic E-state index is 13.6. The Kier molecular flexibility index (Phi) is 7.51. The van der Waals surface area contributed by atoms with E-state index in [1.165, 1.54) is 49.7 Å². The van der Waals surface area contributed by atoms with Gasteiger partial charge in [-0.15, -0.1) is 0 Å². The SMILES string of the molecule is CCC(c1ccc2c(c1)CCNC2C(=O)Cc1ccc2nc(Nc3ccccc3C)oc2c1)C1CCCCC1. The second-order valence-corrected chi connectivity index (χ2v) is 11.4. The maximum absolute atomic E-state index is 13.6. The van der Waals surface area contributed by atoms with Gasteiger partial charge in [-0.25, -0.2) is 0 Å². The minimum Gasteiger partial charge on any atom is -0.423 e. The Hall–Kier alpha value is -3.44. The fourth-order valence-electron chi connectivity index (χ4n) is 6.74. The number of aryl methyl sites for hydroxylation is 1. The van der Waals surface area contributed by atoms with Crippen molar-refractivity contribution in [3.63, 3.8) is 0 Å². The first-order valence-electron chi connectivity index (χ1n) is 14.7. The summed E-state index contributed by atoms with van der Waals surface area (Å²) in [6.45, 7) is 5.22. The quantitative estimate of drug-likeness (QED) is 0.246. The highest BCUT2D eigenvalue weighted by molar-refractivity contribution is 5.89. The molecule has 1 saturated carbocycles. The minimum atomic E-state index is -0.263. The Morgan fingerprint density at radius 3 is 2.74 bits per heavy atom. The lowest BCUT2D eigenvalue weighted by Crippen LogP contribution is -2.36. The topological polar surface area (TPSA) is 67.2 Å². The van der Waals surface area contributed by atoms with Crippen molar-refractivity contribution in [2.45, 2.75) is 77.2 Å². The highest BCUT2D eigenvalue weighted by Crippen LogP contribution is 2.39. The van der Waals surface area contributed by atoms with Gasteiger partial charge in [0.25, 0.3) is 6.01 Å². The van der Waals surface area contributed by atoms with Crippen molar-refractivity contribution in [3.8, 4) is 0 Å². The van der Waals surface area contributed by atoms with Gasteiger partial charge in [0, 0.05) is 18.7 Å². The largest absolute Gasteiger partial charge is 0.423 e. The highest BCUT2D eigenvalue weighted by Gasteiger charge is 2.29. The number of fused-ring (bicyclic) bond motifs is 2. The Balaban J connectivity index is 1.17. The number of para-hydroxylation sites is 1. The van der Waals surface area contributed by atoms with Crippen LogP contribution >= 0.6 is 0 Å². The minimum absolute atomic E-state index is 0.195. The molecule has 4 aromatic rings. The van der Waals surface area contributed by atoms with Gasteiger partial charge >= 0.3 is 0 Å². The molecule has 1 aromatic heterocycles. The van der Waals surface area contributed by atoms with Crippen LogP contribution in [-0.2, 0) is 17.6 Å². The van der Waals surface area contributed by atoms with Gasteiger partial charge in [-0.3, -0.25) is 4.79 Å². The van der Waals surface area contributed by atoms with Crippen molar-refractivity contribution in [1.82, 2.24) is 10.3 Å². The molecule has 5 nitrogen and oxygen atoms in total. The van der Waals surface area contributed by atoms with Crippen LogP contribution in [0.3, 0.4) is 0 Å². The first-order valence-corrected chi connectivity index (χ1v) is 14.7. The van der Waals surface area contributed by atoms with E-state index in [1.54, 1.807) is 0 Å². The number of hydrogen-bond acceptors (Lipinski definition) is 5. The van der Waals surface area contributed by atoms with Crippen LogP contribution in [0.4, 0.5) is 11.7 Å². The van der Waals surface area contributed by atoms with Crippen molar-refractivity contribution >= 4 is 28.6 Å². The molecule has 2 N–H and O–H groups in total. The Morgan fingerprint density at radius 1 is 1.08 bits per heavy atom. The second kappa shape index (κ2) is 11.4. The van der Waals surface area contributed by atoms with Gasteiger partial charge in [-0.2, -0.15) is 4.98 Å². The number of ketones is 1. The van der Waals surface area contributed by atoms with E-state index in [9.17, 15) is 4.79 Å². The summed E-state index contributed by atoms with van der Waals surface area (Å²) in [6, 6.07) is 21.1. The predicted molar refractivity (Wildman–Crippen MR) is 158 cm³/mol. The molecule has 2 aliphatic rings. The van der Waals surface area contributed by atoms with E-state index in [0.717, 1.165) is 46.8 Å². The number of benzene rings is 3. The van der Waals surface area contributed by atoms with Gasteiger partial charge < -0.3 is 15.1 Å². The molecule has 6 rings (SSSR count). The molecule has 1 fully saturated rings. The van der Waals surface area contributed by atoms with Crippen molar-refractivity contribution in [2.75, 3.05) is 11.9 Å². The fraction of sp³-hybridized carbons (Fsp3) is 0.412. The molecular formula is C34H39N3O2. The number of aromatic nitrogens is 1. The summed E-state index contributed by atoms with van der Waals surface area (Å²) in [5.74, 6) is 1.64. The number of oxazole rings is 1. The standard InChI is InChI=1S/C34H39N3O2/c1-3-27(24-10-5-4-6-11-24)25-14-15-28-26(21-25)17-18-35-33(28)31(38)19-23-13-16-30-32(20-23)39-34(37-30)36-29-12-8-7-9-22(29)2/h7-9,12-16,20-21,24,27,33,35H,3-6,10-11,17-19H2,1-2H3,(H,36,37). The van der Waals surface area contributed by atoms with E-state index in [2.05, 4.69) is 40.7 Å². The van der Waals surface area contributed by atoms with Gasteiger partial charge in [0.05, 0.1) is 6.04 Å². The number of Topliss-reactive ketones (excluding diaryl/α,β-unsaturated/α-hetero) is 1. The second-order valence-electron chi connectivity index (χ2n) is 11.4. The van der Waals surface area contributed by atoms with E-state index in [1.807, 2.05) is 49.4 Å². The third-order valence-corrected chi connectivity index (χ3v) is 8.85. The lowest BCUT2D eigenvalue weighted by atomic mass is 9.74. The Labute approximate surface area is 231 Å². The average molecular weight is 522 g/mol. The summed E-state index contributed by atoms with van der Waals surface area (Å²) in [4.78, 5) is 18.1. The molecule has 0 spiro atoms. The summed E-state index contributed by atoms with van der Waals surface area (Å²) in [7, 11) is 0. The maximum Gasteiger partial charge on any atom is 0.300 e. The first kappa shape index (κ1) is 25.8. The molecule has 0 radical (unpaired) electrons. The van der Waals surface area contributed by atoms with Crippen molar-refractivity contribution in [2.24, 2.45) is 5.92 Å². The molecule has 0 saturated heterocycles. The molecule has 1 aliphatic carbocycles. The first-order chi connectivity index (χ1) is 19.1. The van der Waals surface area contributed by atoms with E-state index >= 15 is 0 Å². The molecule has 202 valence electrons. The molecule has 2 unspecified atom stereocenters. The Morgan fingerprint density at radius 2 is 1.92 bits per heavy atom. The van der Waals surface area contributed by atoms with Crippen LogP contribution in [-0.4, -0.2) is 17.3 Å². The van der Waals surface area contributed by atoms with Crippen LogP contribution in [0.1, 0.15) is 85.2 Å². The van der Waals surface area contributed by atoms with E-state index in [0.29, 0.717) is 23.9 Å². The summed E-state index contributed by atoms with van der Waals surface area (Å²) in [5.41, 5.74) is 8.47. The van der Waals surface area contributed by atoms with E-state index in [4.69, 9.17) is 4.42 Å². The zero-order chi connectivity index (χ0) is 26.8. The zero-order valence-electron chi connectivity index (χ0n) is 23.1. The third-order valence-electron chi connectivity index (χ3n) is 8.85. The van der Waals surface area contributed by atoms with Crippen LogP contribution in [0.5, 0.6) is 0 Å². The highest BCUT2D eigenvalue weighted by atomic mass is 16.4. The molecule has 0 bridgehead atoms. The molecule has 0 amide bonds. The number of hydrogen-bond donors (Lipinski definition) is 2. The molecule has 1 aliphatic heterocycles. The normalized spacial score (nSPS) is 18.6. The zero-order valence-corrected chi connectivity index (χ0v) is 23.1. The lowest BCUT2D eigenvalue weighted by molar-refractivity contribution is -0.120. The lowest BCUT2D eigenvalue weighted by Gasteiger charge is -2.32. The molecule has 5 heteroatoms.